The monoisotopic (exact) mass is 243 g/mol. The molecule has 1 aromatic rings. The third-order valence-corrected chi connectivity index (χ3v) is 4.45. The molecule has 1 aliphatic heterocycles. The van der Waals surface area contributed by atoms with Crippen LogP contribution in [0.25, 0.3) is 0 Å². The van der Waals surface area contributed by atoms with Crippen molar-refractivity contribution in [1.82, 2.24) is 9.55 Å². The van der Waals surface area contributed by atoms with Gasteiger partial charge < -0.3 is 4.57 Å². The molecular weight excluding hydrogens is 222 g/mol. The van der Waals surface area contributed by atoms with Gasteiger partial charge in [0.1, 0.15) is 5.82 Å². The number of aromatic nitrogens is 2. The highest BCUT2D eigenvalue weighted by Gasteiger charge is 2.26. The Morgan fingerprint density at radius 2 is 2.00 bits per heavy atom. The van der Waals surface area contributed by atoms with Crippen molar-refractivity contribution in [3.63, 3.8) is 0 Å². The fraction of sp³-hybridized carbons (Fsp3) is 0.733. The van der Waals surface area contributed by atoms with E-state index in [-0.39, 0.29) is 0 Å². The summed E-state index contributed by atoms with van der Waals surface area (Å²) in [6, 6.07) is 2.27. The third-order valence-electron chi connectivity index (χ3n) is 4.45. The molecule has 3 nitrogen and oxygen atoms in total. The molecule has 0 bridgehead atoms. The van der Waals surface area contributed by atoms with E-state index in [1.54, 1.807) is 0 Å². The highest BCUT2D eigenvalue weighted by atomic mass is 15.1. The Morgan fingerprint density at radius 1 is 1.17 bits per heavy atom. The molecule has 0 aromatic carbocycles. The molecule has 0 spiro atoms. The van der Waals surface area contributed by atoms with Gasteiger partial charge in [-0.05, 0) is 32.1 Å². The van der Waals surface area contributed by atoms with Crippen LogP contribution in [-0.4, -0.2) is 9.55 Å². The van der Waals surface area contributed by atoms with E-state index in [9.17, 15) is 0 Å². The fourth-order valence-corrected chi connectivity index (χ4v) is 3.54. The second-order valence-corrected chi connectivity index (χ2v) is 5.64. The molecular formula is C15H21N3. The summed E-state index contributed by atoms with van der Waals surface area (Å²) in [6.07, 6.45) is 10.8. The predicted octanol–water partition coefficient (Wildman–Crippen LogP) is 3.33. The molecule has 0 radical (unpaired) electrons. The summed E-state index contributed by atoms with van der Waals surface area (Å²) in [5.41, 5.74) is 2.43. The lowest BCUT2D eigenvalue weighted by Crippen LogP contribution is -2.17. The first-order chi connectivity index (χ1) is 8.90. The molecule has 3 rings (SSSR count). The first-order valence-electron chi connectivity index (χ1n) is 7.35. The summed E-state index contributed by atoms with van der Waals surface area (Å²) < 4.78 is 2.45. The van der Waals surface area contributed by atoms with Crippen LogP contribution in [0.2, 0.25) is 0 Å². The standard InChI is InChI=1S/C15H21N3/c16-10-9-13-14-8-4-5-11-18(14)15(17-13)12-6-2-1-3-7-12/h12H,1-9,11H2. The van der Waals surface area contributed by atoms with Crippen molar-refractivity contribution < 1.29 is 0 Å². The highest BCUT2D eigenvalue weighted by molar-refractivity contribution is 5.24. The lowest BCUT2D eigenvalue weighted by Gasteiger charge is -2.24. The van der Waals surface area contributed by atoms with Gasteiger partial charge in [-0.3, -0.25) is 0 Å². The van der Waals surface area contributed by atoms with Crippen LogP contribution >= 0.6 is 0 Å². The van der Waals surface area contributed by atoms with Crippen LogP contribution in [0.3, 0.4) is 0 Å². The maximum absolute atomic E-state index is 8.94. The Labute approximate surface area is 109 Å². The molecule has 96 valence electrons. The average Bonchev–Trinajstić information content (AvgIpc) is 2.80. The Balaban J connectivity index is 1.95. The second-order valence-electron chi connectivity index (χ2n) is 5.64. The molecule has 0 atom stereocenters. The summed E-state index contributed by atoms with van der Waals surface area (Å²) in [5.74, 6) is 1.96. The number of hydrogen-bond acceptors (Lipinski definition) is 2. The second kappa shape index (κ2) is 5.14. The molecule has 1 fully saturated rings. The first kappa shape index (κ1) is 11.8. The Kier molecular flexibility index (Phi) is 3.36. The van der Waals surface area contributed by atoms with Crippen LogP contribution < -0.4 is 0 Å². The van der Waals surface area contributed by atoms with Crippen molar-refractivity contribution in [2.45, 2.75) is 70.3 Å². The number of imidazole rings is 1. The zero-order valence-electron chi connectivity index (χ0n) is 11.0. The summed E-state index contributed by atoms with van der Waals surface area (Å²) in [7, 11) is 0. The van der Waals surface area contributed by atoms with Crippen LogP contribution in [0, 0.1) is 11.3 Å². The van der Waals surface area contributed by atoms with Gasteiger partial charge in [0.05, 0.1) is 18.2 Å². The number of nitriles is 1. The van der Waals surface area contributed by atoms with Gasteiger partial charge >= 0.3 is 0 Å². The largest absolute Gasteiger partial charge is 0.331 e. The molecule has 1 aliphatic carbocycles. The topological polar surface area (TPSA) is 41.6 Å². The van der Waals surface area contributed by atoms with E-state index in [1.807, 2.05) is 0 Å². The van der Waals surface area contributed by atoms with E-state index in [0.29, 0.717) is 12.3 Å². The van der Waals surface area contributed by atoms with Crippen LogP contribution in [-0.2, 0) is 19.4 Å². The van der Waals surface area contributed by atoms with E-state index < -0.39 is 0 Å². The van der Waals surface area contributed by atoms with E-state index in [2.05, 4.69) is 10.6 Å². The van der Waals surface area contributed by atoms with Crippen LogP contribution in [0.5, 0.6) is 0 Å². The normalized spacial score (nSPS) is 20.4. The van der Waals surface area contributed by atoms with E-state index in [1.165, 1.54) is 56.5 Å². The average molecular weight is 243 g/mol. The molecule has 1 saturated carbocycles. The van der Waals surface area contributed by atoms with Gasteiger partial charge in [-0.2, -0.15) is 5.26 Å². The smallest absolute Gasteiger partial charge is 0.112 e. The van der Waals surface area contributed by atoms with Crippen LogP contribution in [0.4, 0.5) is 0 Å². The molecule has 3 heteroatoms. The van der Waals surface area contributed by atoms with E-state index >= 15 is 0 Å². The van der Waals surface area contributed by atoms with Crippen molar-refractivity contribution in [3.8, 4) is 6.07 Å². The molecule has 2 aliphatic rings. The quantitative estimate of drug-likeness (QED) is 0.799. The van der Waals surface area contributed by atoms with Gasteiger partial charge in [0.2, 0.25) is 0 Å². The molecule has 0 unspecified atom stereocenters. The van der Waals surface area contributed by atoms with Gasteiger partial charge in [0.25, 0.3) is 0 Å². The maximum Gasteiger partial charge on any atom is 0.112 e. The minimum absolute atomic E-state index is 0.488. The van der Waals surface area contributed by atoms with Crippen molar-refractivity contribution in [2.75, 3.05) is 0 Å². The molecule has 0 saturated heterocycles. The minimum atomic E-state index is 0.488. The lowest BCUT2D eigenvalue weighted by atomic mass is 9.88. The third kappa shape index (κ3) is 2.05. The first-order valence-corrected chi connectivity index (χ1v) is 7.35. The Bertz CT molecular complexity index is 461. The zero-order chi connectivity index (χ0) is 12.4. The molecule has 0 N–H and O–H groups in total. The van der Waals surface area contributed by atoms with Crippen LogP contribution in [0.15, 0.2) is 0 Å². The summed E-state index contributed by atoms with van der Waals surface area (Å²) >= 11 is 0. The van der Waals surface area contributed by atoms with E-state index in [4.69, 9.17) is 10.2 Å². The fourth-order valence-electron chi connectivity index (χ4n) is 3.54. The van der Waals surface area contributed by atoms with Gasteiger partial charge in [-0.1, -0.05) is 19.3 Å². The van der Waals surface area contributed by atoms with Crippen molar-refractivity contribution in [1.29, 1.82) is 5.26 Å². The van der Waals surface area contributed by atoms with Gasteiger partial charge in [0.15, 0.2) is 0 Å². The number of nitrogens with zero attached hydrogens (tertiary/aromatic N) is 3. The Hall–Kier alpha value is -1.30. The highest BCUT2D eigenvalue weighted by Crippen LogP contribution is 2.34. The Morgan fingerprint density at radius 3 is 2.78 bits per heavy atom. The van der Waals surface area contributed by atoms with Crippen molar-refractivity contribution in [2.24, 2.45) is 0 Å². The molecule has 2 heterocycles. The van der Waals surface area contributed by atoms with Gasteiger partial charge in [-0.25, -0.2) is 4.98 Å². The van der Waals surface area contributed by atoms with Gasteiger partial charge in [0, 0.05) is 18.2 Å². The molecule has 0 amide bonds. The summed E-state index contributed by atoms with van der Waals surface area (Å²) in [5, 5.41) is 8.94. The van der Waals surface area contributed by atoms with Crippen molar-refractivity contribution in [3.05, 3.63) is 17.2 Å². The predicted molar refractivity (Wildman–Crippen MR) is 70.3 cm³/mol. The summed E-state index contributed by atoms with van der Waals surface area (Å²) in [6.45, 7) is 1.12. The van der Waals surface area contributed by atoms with E-state index in [0.717, 1.165) is 18.7 Å². The van der Waals surface area contributed by atoms with Gasteiger partial charge in [-0.15, -0.1) is 0 Å². The number of hydrogen-bond donors (Lipinski definition) is 0. The molecule has 1 aromatic heterocycles. The maximum atomic E-state index is 8.94. The molecule has 18 heavy (non-hydrogen) atoms. The van der Waals surface area contributed by atoms with Crippen molar-refractivity contribution >= 4 is 0 Å². The number of rotatable bonds is 2. The lowest BCUT2D eigenvalue weighted by molar-refractivity contribution is 0.403. The zero-order valence-corrected chi connectivity index (χ0v) is 11.0. The summed E-state index contributed by atoms with van der Waals surface area (Å²) in [4.78, 5) is 4.85. The van der Waals surface area contributed by atoms with Crippen LogP contribution in [0.1, 0.15) is 68.1 Å². The minimum Gasteiger partial charge on any atom is -0.331 e. The number of fused-ring (bicyclic) bond motifs is 1. The SMILES string of the molecule is N#CCc1nc(C2CCCCC2)n2c1CCCC2.